The Labute approximate surface area is 172 Å². The van der Waals surface area contributed by atoms with Crippen LogP contribution >= 0.6 is 0 Å². The Bertz CT molecular complexity index is 1100. The number of aromatic carboxylic acids is 2. The molecular formula is C19H14F3N3O6. The third kappa shape index (κ3) is 5.88. The summed E-state index contributed by atoms with van der Waals surface area (Å²) in [6.45, 7) is 1.65. The summed E-state index contributed by atoms with van der Waals surface area (Å²) in [6, 6.07) is 7.80. The molecule has 162 valence electrons. The molecule has 0 aliphatic carbocycles. The van der Waals surface area contributed by atoms with Crippen LogP contribution in [-0.4, -0.2) is 36.9 Å². The van der Waals surface area contributed by atoms with Gasteiger partial charge in [-0.1, -0.05) is 0 Å². The van der Waals surface area contributed by atoms with Gasteiger partial charge < -0.3 is 10.2 Å². The van der Waals surface area contributed by atoms with E-state index in [1.807, 2.05) is 0 Å². The van der Waals surface area contributed by atoms with Gasteiger partial charge in [0.25, 0.3) is 5.69 Å². The van der Waals surface area contributed by atoms with E-state index in [9.17, 15) is 32.9 Å². The molecular weight excluding hydrogens is 423 g/mol. The van der Waals surface area contributed by atoms with Gasteiger partial charge in [-0.05, 0) is 48.9 Å². The first kappa shape index (κ1) is 23.1. The lowest BCUT2D eigenvalue weighted by molar-refractivity contribution is -0.384. The molecule has 2 aromatic carbocycles. The summed E-state index contributed by atoms with van der Waals surface area (Å²) in [5.41, 5.74) is -1.11. The van der Waals surface area contributed by atoms with Crippen molar-refractivity contribution in [2.24, 2.45) is 0 Å². The maximum Gasteiger partial charge on any atom is 0.416 e. The van der Waals surface area contributed by atoms with Crippen LogP contribution in [0.15, 0.2) is 54.9 Å². The summed E-state index contributed by atoms with van der Waals surface area (Å²) in [6.07, 6.45) is -1.83. The summed E-state index contributed by atoms with van der Waals surface area (Å²) in [4.78, 5) is 31.0. The first-order chi connectivity index (χ1) is 14.4. The summed E-state index contributed by atoms with van der Waals surface area (Å²) in [5, 5.41) is 31.8. The number of nitro groups is 1. The lowest BCUT2D eigenvalue weighted by Gasteiger charge is -2.08. The van der Waals surface area contributed by atoms with Gasteiger partial charge in [-0.3, -0.25) is 10.1 Å². The molecule has 0 fully saturated rings. The first-order valence-corrected chi connectivity index (χ1v) is 8.34. The van der Waals surface area contributed by atoms with Crippen LogP contribution in [-0.2, 0) is 6.18 Å². The van der Waals surface area contributed by atoms with Crippen molar-refractivity contribution in [1.82, 2.24) is 9.78 Å². The van der Waals surface area contributed by atoms with Gasteiger partial charge in [0.15, 0.2) is 0 Å². The maximum atomic E-state index is 12.5. The van der Waals surface area contributed by atoms with Crippen molar-refractivity contribution >= 4 is 17.6 Å². The first-order valence-electron chi connectivity index (χ1n) is 8.34. The highest BCUT2D eigenvalue weighted by Gasteiger charge is 2.33. The minimum Gasteiger partial charge on any atom is -0.478 e. The molecule has 12 heteroatoms. The van der Waals surface area contributed by atoms with E-state index in [4.69, 9.17) is 10.2 Å². The topological polar surface area (TPSA) is 136 Å². The second-order valence-electron chi connectivity index (χ2n) is 6.11. The number of aromatic nitrogens is 2. The molecule has 0 spiro atoms. The summed E-state index contributed by atoms with van der Waals surface area (Å²) >= 11 is 0. The van der Waals surface area contributed by atoms with Crippen LogP contribution in [0, 0.1) is 17.0 Å². The molecule has 0 saturated heterocycles. The molecule has 9 nitrogen and oxygen atoms in total. The molecule has 0 unspecified atom stereocenters. The molecule has 3 rings (SSSR count). The fourth-order valence-electron chi connectivity index (χ4n) is 2.48. The fraction of sp³-hybridized carbons (Fsp3) is 0.105. The number of alkyl halides is 3. The van der Waals surface area contributed by atoms with Crippen molar-refractivity contribution < 1.29 is 37.9 Å². The second kappa shape index (κ2) is 9.07. The standard InChI is InChI=1S/C10H6F3N3O2.C9H8O4/c11-10(12,13)7-2-3-8(9(6-7)16(17)18)15-5-1-4-14-15;1-5-2-6(8(10)11)4-7(3-5)9(12)13/h1-6H;2-4H,1H3,(H,10,11)(H,12,13). The van der Waals surface area contributed by atoms with Gasteiger partial charge >= 0.3 is 18.1 Å². The number of aryl methyl sites for hydroxylation is 1. The molecule has 2 N–H and O–H groups in total. The van der Waals surface area contributed by atoms with Gasteiger partial charge in [-0.15, -0.1) is 0 Å². The fourth-order valence-corrected chi connectivity index (χ4v) is 2.48. The number of rotatable bonds is 4. The van der Waals surface area contributed by atoms with Crippen LogP contribution in [0.2, 0.25) is 0 Å². The number of hydrogen-bond donors (Lipinski definition) is 2. The highest BCUT2D eigenvalue weighted by atomic mass is 19.4. The van der Waals surface area contributed by atoms with E-state index in [2.05, 4.69) is 5.10 Å². The average molecular weight is 437 g/mol. The van der Waals surface area contributed by atoms with Gasteiger partial charge in [0, 0.05) is 18.5 Å². The zero-order valence-electron chi connectivity index (χ0n) is 15.7. The summed E-state index contributed by atoms with van der Waals surface area (Å²) in [5.74, 6) is -2.24. The van der Waals surface area contributed by atoms with Crippen molar-refractivity contribution in [3.05, 3.63) is 87.2 Å². The van der Waals surface area contributed by atoms with Crippen LogP contribution in [0.1, 0.15) is 31.8 Å². The Morgan fingerprint density at radius 2 is 1.65 bits per heavy atom. The Morgan fingerprint density at radius 3 is 2.06 bits per heavy atom. The molecule has 0 bridgehead atoms. The number of benzene rings is 2. The van der Waals surface area contributed by atoms with Crippen molar-refractivity contribution in [2.45, 2.75) is 13.1 Å². The zero-order chi connectivity index (χ0) is 23.3. The maximum absolute atomic E-state index is 12.5. The average Bonchev–Trinajstić information content (AvgIpc) is 3.21. The molecule has 0 atom stereocenters. The molecule has 0 amide bonds. The van der Waals surface area contributed by atoms with Crippen molar-refractivity contribution in [3.8, 4) is 5.69 Å². The second-order valence-corrected chi connectivity index (χ2v) is 6.11. The predicted octanol–water partition coefficient (Wildman–Crippen LogP) is 4.19. The largest absolute Gasteiger partial charge is 0.478 e. The molecule has 0 radical (unpaired) electrons. The Kier molecular flexibility index (Phi) is 6.75. The van der Waals surface area contributed by atoms with Crippen molar-refractivity contribution in [2.75, 3.05) is 0 Å². The number of carboxylic acids is 2. The summed E-state index contributed by atoms with van der Waals surface area (Å²) < 4.78 is 38.5. The number of carbonyl (C=O) groups is 2. The summed E-state index contributed by atoms with van der Waals surface area (Å²) in [7, 11) is 0. The van der Waals surface area contributed by atoms with Gasteiger partial charge in [-0.2, -0.15) is 18.3 Å². The lowest BCUT2D eigenvalue weighted by atomic mass is 10.1. The van der Waals surface area contributed by atoms with E-state index >= 15 is 0 Å². The molecule has 0 aliphatic rings. The van der Waals surface area contributed by atoms with Crippen LogP contribution in [0.5, 0.6) is 0 Å². The number of carboxylic acid groups (broad SMARTS) is 2. The third-order valence-electron chi connectivity index (χ3n) is 3.82. The Morgan fingerprint density at radius 1 is 1.06 bits per heavy atom. The number of halogens is 3. The van der Waals surface area contributed by atoms with Crippen LogP contribution in [0.3, 0.4) is 0 Å². The highest BCUT2D eigenvalue weighted by Crippen LogP contribution is 2.34. The smallest absolute Gasteiger partial charge is 0.416 e. The van der Waals surface area contributed by atoms with Crippen LogP contribution in [0.4, 0.5) is 18.9 Å². The molecule has 3 aromatic rings. The predicted molar refractivity (Wildman–Crippen MR) is 100 cm³/mol. The molecule has 31 heavy (non-hydrogen) atoms. The van der Waals surface area contributed by atoms with Gasteiger partial charge in [0.2, 0.25) is 0 Å². The van der Waals surface area contributed by atoms with E-state index in [1.54, 1.807) is 6.92 Å². The zero-order valence-corrected chi connectivity index (χ0v) is 15.7. The molecule has 0 saturated carbocycles. The number of hydrogen-bond acceptors (Lipinski definition) is 5. The van der Waals surface area contributed by atoms with Gasteiger partial charge in [0.1, 0.15) is 5.69 Å². The lowest BCUT2D eigenvalue weighted by Crippen LogP contribution is -2.08. The third-order valence-corrected chi connectivity index (χ3v) is 3.82. The van der Waals surface area contributed by atoms with E-state index in [-0.39, 0.29) is 16.8 Å². The van der Waals surface area contributed by atoms with Gasteiger partial charge in [-0.25, -0.2) is 14.3 Å². The SMILES string of the molecule is Cc1cc(C(=O)O)cc(C(=O)O)c1.O=[N+]([O-])c1cc(C(F)(F)F)ccc1-n1cccn1. The molecule has 1 aromatic heterocycles. The van der Waals surface area contributed by atoms with Crippen molar-refractivity contribution in [3.63, 3.8) is 0 Å². The quantitative estimate of drug-likeness (QED) is 0.461. The molecule has 0 aliphatic heterocycles. The Hall–Kier alpha value is -4.22. The number of nitrogens with zero attached hydrogens (tertiary/aromatic N) is 3. The van der Waals surface area contributed by atoms with Crippen LogP contribution < -0.4 is 0 Å². The highest BCUT2D eigenvalue weighted by molar-refractivity contribution is 5.94. The van der Waals surface area contributed by atoms with Crippen molar-refractivity contribution in [1.29, 1.82) is 0 Å². The minimum atomic E-state index is -4.62. The van der Waals surface area contributed by atoms with Gasteiger partial charge in [0.05, 0.1) is 21.6 Å². The van der Waals surface area contributed by atoms with Crippen LogP contribution in [0.25, 0.3) is 5.69 Å². The van der Waals surface area contributed by atoms with E-state index in [1.165, 1.54) is 30.6 Å². The van der Waals surface area contributed by atoms with E-state index in [0.717, 1.165) is 22.9 Å². The van der Waals surface area contributed by atoms with E-state index < -0.39 is 34.3 Å². The normalized spacial score (nSPS) is 10.7. The Balaban J connectivity index is 0.000000233. The number of nitro benzene ring substituents is 1. The molecule has 1 heterocycles. The van der Waals surface area contributed by atoms with E-state index in [0.29, 0.717) is 11.6 Å². The monoisotopic (exact) mass is 437 g/mol. The minimum absolute atomic E-state index is 0.00241.